The molecule has 0 bridgehead atoms. The number of likely N-dealkylation sites (tertiary alicyclic amines) is 1. The van der Waals surface area contributed by atoms with Crippen LogP contribution in [-0.2, 0) is 36.8 Å². The van der Waals surface area contributed by atoms with Gasteiger partial charge in [0.2, 0.25) is 17.7 Å². The summed E-state index contributed by atoms with van der Waals surface area (Å²) < 4.78 is 0. The van der Waals surface area contributed by atoms with Crippen molar-refractivity contribution in [3.05, 3.63) is 71.8 Å². The summed E-state index contributed by atoms with van der Waals surface area (Å²) in [5.41, 5.74) is 7.91. The van der Waals surface area contributed by atoms with Crippen LogP contribution in [0.15, 0.2) is 60.7 Å². The predicted octanol–water partition coefficient (Wildman–Crippen LogP) is 1.99. The minimum absolute atomic E-state index is 0.0428. The van der Waals surface area contributed by atoms with Crippen molar-refractivity contribution in [1.82, 2.24) is 15.5 Å². The molecule has 2 aromatic carbocycles. The van der Waals surface area contributed by atoms with Crippen molar-refractivity contribution >= 4 is 29.5 Å². The van der Waals surface area contributed by atoms with Crippen LogP contribution in [0.5, 0.6) is 0 Å². The number of carboxylic acids is 1. The van der Waals surface area contributed by atoms with E-state index in [1.165, 1.54) is 4.90 Å². The third-order valence-corrected chi connectivity index (χ3v) is 7.29. The Bertz CT molecular complexity index is 1190. The number of hydrogen-bond acceptors (Lipinski definition) is 6. The van der Waals surface area contributed by atoms with Gasteiger partial charge < -0.3 is 26.4 Å². The molecule has 220 valence electrons. The number of amides is 3. The van der Waals surface area contributed by atoms with E-state index in [0.29, 0.717) is 32.2 Å². The third kappa shape index (κ3) is 9.82. The number of carbonyl (C=O) groups excluding carboxylic acids is 4. The molecule has 4 atom stereocenters. The van der Waals surface area contributed by atoms with Crippen LogP contribution in [0.2, 0.25) is 0 Å². The Labute approximate surface area is 240 Å². The van der Waals surface area contributed by atoms with Gasteiger partial charge in [-0.3, -0.25) is 24.0 Å². The standard InChI is InChI=1S/C31H40N4O6/c1-2-24(36)15-16-26(34-29(39)25(32)19-22-12-7-4-8-13-22)31(41)35-17-9-14-27(35)30(40)33-23(20-28(37)38)18-21-10-5-3-6-11-21/h3-8,10-13,23,25-27H,2,9,14-20,32H2,1H3,(H,33,40)(H,34,39)(H,37,38). The predicted molar refractivity (Wildman–Crippen MR) is 154 cm³/mol. The summed E-state index contributed by atoms with van der Waals surface area (Å²) >= 11 is 0. The van der Waals surface area contributed by atoms with E-state index in [-0.39, 0.29) is 31.5 Å². The molecule has 0 aromatic heterocycles. The van der Waals surface area contributed by atoms with Gasteiger partial charge in [0.05, 0.1) is 12.5 Å². The van der Waals surface area contributed by atoms with E-state index in [0.717, 1.165) is 11.1 Å². The van der Waals surface area contributed by atoms with Crippen molar-refractivity contribution in [2.75, 3.05) is 6.54 Å². The summed E-state index contributed by atoms with van der Waals surface area (Å²) in [6.07, 6.45) is 1.83. The molecule has 3 amide bonds. The van der Waals surface area contributed by atoms with Gasteiger partial charge >= 0.3 is 5.97 Å². The number of ketones is 1. The first kappa shape index (κ1) is 31.5. The number of benzene rings is 2. The molecule has 10 nitrogen and oxygen atoms in total. The average molecular weight is 565 g/mol. The summed E-state index contributed by atoms with van der Waals surface area (Å²) in [4.78, 5) is 65.1. The molecule has 1 aliphatic heterocycles. The second-order valence-electron chi connectivity index (χ2n) is 10.5. The molecule has 41 heavy (non-hydrogen) atoms. The molecule has 1 saturated heterocycles. The normalized spacial score (nSPS) is 16.8. The van der Waals surface area contributed by atoms with Crippen LogP contribution in [0.4, 0.5) is 0 Å². The number of nitrogens with one attached hydrogen (secondary N) is 2. The van der Waals surface area contributed by atoms with Crippen molar-refractivity contribution < 1.29 is 29.1 Å². The molecular weight excluding hydrogens is 524 g/mol. The van der Waals surface area contributed by atoms with Crippen LogP contribution in [-0.4, -0.2) is 70.2 Å². The van der Waals surface area contributed by atoms with Gasteiger partial charge in [0.15, 0.2) is 0 Å². The summed E-state index contributed by atoms with van der Waals surface area (Å²) in [5, 5.41) is 15.0. The molecule has 3 rings (SSSR count). The number of carbonyl (C=O) groups is 5. The number of nitrogens with two attached hydrogens (primary N) is 1. The molecule has 10 heteroatoms. The first-order valence-electron chi connectivity index (χ1n) is 14.2. The number of Topliss-reactive ketones (excluding diaryl/α,β-unsaturated/α-hetero) is 1. The lowest BCUT2D eigenvalue weighted by Crippen LogP contribution is -2.56. The maximum absolute atomic E-state index is 13.7. The highest BCUT2D eigenvalue weighted by Gasteiger charge is 2.38. The molecule has 4 unspecified atom stereocenters. The Hall–Kier alpha value is -4.05. The fourth-order valence-corrected chi connectivity index (χ4v) is 5.06. The van der Waals surface area contributed by atoms with E-state index in [2.05, 4.69) is 10.6 Å². The number of carboxylic acid groups (broad SMARTS) is 1. The first-order valence-corrected chi connectivity index (χ1v) is 14.2. The zero-order chi connectivity index (χ0) is 29.8. The Balaban J connectivity index is 1.71. The number of hydrogen-bond donors (Lipinski definition) is 4. The topological polar surface area (TPSA) is 159 Å². The highest BCUT2D eigenvalue weighted by Crippen LogP contribution is 2.21. The zero-order valence-electron chi connectivity index (χ0n) is 23.5. The molecule has 0 aliphatic carbocycles. The van der Waals surface area contributed by atoms with Gasteiger partial charge in [-0.15, -0.1) is 0 Å². The van der Waals surface area contributed by atoms with Crippen molar-refractivity contribution in [2.24, 2.45) is 5.73 Å². The number of rotatable bonds is 15. The average Bonchev–Trinajstić information content (AvgIpc) is 3.45. The Morgan fingerprint density at radius 2 is 1.56 bits per heavy atom. The Morgan fingerprint density at radius 1 is 0.951 bits per heavy atom. The van der Waals surface area contributed by atoms with Crippen molar-refractivity contribution in [2.45, 2.75) is 82.5 Å². The Morgan fingerprint density at radius 3 is 2.15 bits per heavy atom. The van der Waals surface area contributed by atoms with Crippen molar-refractivity contribution in [3.8, 4) is 0 Å². The lowest BCUT2D eigenvalue weighted by atomic mass is 10.0. The highest BCUT2D eigenvalue weighted by atomic mass is 16.4. The molecule has 1 aliphatic rings. The van der Waals surface area contributed by atoms with Crippen molar-refractivity contribution in [1.29, 1.82) is 0 Å². The zero-order valence-corrected chi connectivity index (χ0v) is 23.5. The minimum Gasteiger partial charge on any atom is -0.481 e. The van der Waals surface area contributed by atoms with Gasteiger partial charge in [-0.1, -0.05) is 67.6 Å². The molecule has 0 spiro atoms. The van der Waals surface area contributed by atoms with Crippen LogP contribution in [0.1, 0.15) is 56.6 Å². The summed E-state index contributed by atoms with van der Waals surface area (Å²) in [5.74, 6) is -2.49. The van der Waals surface area contributed by atoms with Gasteiger partial charge in [-0.05, 0) is 43.2 Å². The summed E-state index contributed by atoms with van der Waals surface area (Å²) in [6.45, 7) is 2.04. The van der Waals surface area contributed by atoms with Crippen molar-refractivity contribution in [3.63, 3.8) is 0 Å². The van der Waals surface area contributed by atoms with E-state index in [9.17, 15) is 29.1 Å². The van der Waals surface area contributed by atoms with Crippen LogP contribution >= 0.6 is 0 Å². The van der Waals surface area contributed by atoms with Crippen LogP contribution in [0.25, 0.3) is 0 Å². The van der Waals surface area contributed by atoms with Crippen LogP contribution in [0, 0.1) is 0 Å². The lowest BCUT2D eigenvalue weighted by Gasteiger charge is -2.30. The van der Waals surface area contributed by atoms with Gasteiger partial charge in [0.1, 0.15) is 17.9 Å². The second kappa shape index (κ2) is 15.7. The van der Waals surface area contributed by atoms with E-state index in [4.69, 9.17) is 5.73 Å². The number of nitrogens with zero attached hydrogens (tertiary/aromatic N) is 1. The molecule has 0 radical (unpaired) electrons. The highest BCUT2D eigenvalue weighted by molar-refractivity contribution is 5.94. The van der Waals surface area contributed by atoms with E-state index >= 15 is 0 Å². The summed E-state index contributed by atoms with van der Waals surface area (Å²) in [7, 11) is 0. The van der Waals surface area contributed by atoms with E-state index < -0.39 is 47.9 Å². The molecule has 5 N–H and O–H groups in total. The van der Waals surface area contributed by atoms with E-state index in [1.54, 1.807) is 6.92 Å². The smallest absolute Gasteiger partial charge is 0.305 e. The van der Waals surface area contributed by atoms with Gasteiger partial charge in [0, 0.05) is 25.4 Å². The molecular formula is C31H40N4O6. The monoisotopic (exact) mass is 564 g/mol. The van der Waals surface area contributed by atoms with Crippen LogP contribution < -0.4 is 16.4 Å². The molecule has 1 fully saturated rings. The third-order valence-electron chi connectivity index (χ3n) is 7.29. The SMILES string of the molecule is CCC(=O)CCC(NC(=O)C(N)Cc1ccccc1)C(=O)N1CCCC1C(=O)NC(CC(=O)O)Cc1ccccc1. The minimum atomic E-state index is -1.04. The first-order chi connectivity index (χ1) is 19.7. The largest absolute Gasteiger partial charge is 0.481 e. The fourth-order valence-electron chi connectivity index (χ4n) is 5.06. The van der Waals surface area contributed by atoms with E-state index in [1.807, 2.05) is 60.7 Å². The number of aliphatic carboxylic acids is 1. The lowest BCUT2D eigenvalue weighted by molar-refractivity contribution is -0.142. The quantitative estimate of drug-likeness (QED) is 0.257. The molecule has 1 heterocycles. The Kier molecular flexibility index (Phi) is 12.0. The molecule has 0 saturated carbocycles. The second-order valence-corrected chi connectivity index (χ2v) is 10.5. The van der Waals surface area contributed by atoms with Gasteiger partial charge in [-0.25, -0.2) is 0 Å². The fraction of sp³-hybridized carbons (Fsp3) is 0.452. The maximum atomic E-state index is 13.7. The maximum Gasteiger partial charge on any atom is 0.305 e. The summed E-state index contributed by atoms with van der Waals surface area (Å²) in [6, 6.07) is 15.2. The van der Waals surface area contributed by atoms with Gasteiger partial charge in [-0.2, -0.15) is 0 Å². The van der Waals surface area contributed by atoms with Crippen LogP contribution in [0.3, 0.4) is 0 Å². The molecule has 2 aromatic rings. The van der Waals surface area contributed by atoms with Gasteiger partial charge in [0.25, 0.3) is 0 Å².